The summed E-state index contributed by atoms with van der Waals surface area (Å²) in [6.45, 7) is 0. The Balaban J connectivity index is 2.06. The largest absolute Gasteiger partial charge is 0.416 e. The molecule has 0 bridgehead atoms. The Kier molecular flexibility index (Phi) is 3.54. The molecule has 1 atom stereocenters. The average Bonchev–Trinajstić information content (AvgIpc) is 2.45. The molecule has 3 rings (SSSR count). The quantitative estimate of drug-likeness (QED) is 0.865. The third-order valence-electron chi connectivity index (χ3n) is 4.10. The molecule has 0 spiro atoms. The molecule has 0 aromatic heterocycles. The van der Waals surface area contributed by atoms with Crippen LogP contribution in [0, 0.1) is 0 Å². The fourth-order valence-corrected chi connectivity index (χ4v) is 3.12. The van der Waals surface area contributed by atoms with Gasteiger partial charge in [0.15, 0.2) is 5.78 Å². The van der Waals surface area contributed by atoms with E-state index in [9.17, 15) is 22.8 Å². The Bertz CT molecular complexity index is 676. The van der Waals surface area contributed by atoms with Gasteiger partial charge in [-0.15, -0.1) is 0 Å². The van der Waals surface area contributed by atoms with Crippen LogP contribution >= 0.6 is 0 Å². The van der Waals surface area contributed by atoms with E-state index in [2.05, 4.69) is 5.32 Å². The Labute approximate surface area is 125 Å². The number of carbonyl (C=O) groups is 2. The monoisotopic (exact) mass is 309 g/mol. The number of ketones is 1. The summed E-state index contributed by atoms with van der Waals surface area (Å²) < 4.78 is 38.6. The maximum atomic E-state index is 12.9. The molecule has 1 aliphatic carbocycles. The molecular formula is C16H14F3NO2. The highest BCUT2D eigenvalue weighted by Crippen LogP contribution is 2.39. The fraction of sp³-hybridized carbons (Fsp3) is 0.375. The summed E-state index contributed by atoms with van der Waals surface area (Å²) in [4.78, 5) is 24.0. The summed E-state index contributed by atoms with van der Waals surface area (Å²) in [5, 5.41) is 2.69. The topological polar surface area (TPSA) is 46.2 Å². The maximum Gasteiger partial charge on any atom is 0.416 e. The highest BCUT2D eigenvalue weighted by Gasteiger charge is 2.36. The lowest BCUT2D eigenvalue weighted by molar-refractivity contribution is -0.137. The number of hydrogen-bond donors (Lipinski definition) is 1. The van der Waals surface area contributed by atoms with Crippen LogP contribution in [-0.4, -0.2) is 11.7 Å². The minimum Gasteiger partial charge on any atom is -0.329 e. The van der Waals surface area contributed by atoms with Gasteiger partial charge in [0.05, 0.1) is 5.56 Å². The first-order valence-electron chi connectivity index (χ1n) is 7.09. The van der Waals surface area contributed by atoms with Crippen LogP contribution in [0.5, 0.6) is 0 Å². The molecule has 0 saturated heterocycles. The van der Waals surface area contributed by atoms with Crippen LogP contribution in [0.15, 0.2) is 35.5 Å². The summed E-state index contributed by atoms with van der Waals surface area (Å²) >= 11 is 0. The second kappa shape index (κ2) is 5.26. The average molecular weight is 309 g/mol. The number of hydrogen-bond acceptors (Lipinski definition) is 2. The molecule has 116 valence electrons. The zero-order valence-electron chi connectivity index (χ0n) is 11.7. The van der Waals surface area contributed by atoms with Gasteiger partial charge in [0, 0.05) is 30.0 Å². The molecule has 1 N–H and O–H groups in total. The fourth-order valence-electron chi connectivity index (χ4n) is 3.12. The summed E-state index contributed by atoms with van der Waals surface area (Å²) in [5.74, 6) is -0.918. The van der Waals surface area contributed by atoms with Gasteiger partial charge in [-0.3, -0.25) is 9.59 Å². The van der Waals surface area contributed by atoms with Crippen molar-refractivity contribution in [1.29, 1.82) is 0 Å². The normalized spacial score (nSPS) is 22.4. The van der Waals surface area contributed by atoms with Crippen LogP contribution in [0.1, 0.15) is 42.7 Å². The molecule has 0 radical (unpaired) electrons. The number of alkyl halides is 3. The van der Waals surface area contributed by atoms with E-state index in [1.165, 1.54) is 6.07 Å². The number of Topliss-reactive ketones (excluding diaryl/α,β-unsaturated/α-hetero) is 1. The van der Waals surface area contributed by atoms with Gasteiger partial charge in [0.25, 0.3) is 0 Å². The first-order chi connectivity index (χ1) is 10.4. The van der Waals surface area contributed by atoms with Crippen molar-refractivity contribution < 1.29 is 22.8 Å². The molecule has 1 unspecified atom stereocenters. The van der Waals surface area contributed by atoms with Crippen LogP contribution in [0.2, 0.25) is 0 Å². The minimum absolute atomic E-state index is 0.00584. The second-order valence-electron chi connectivity index (χ2n) is 5.60. The van der Waals surface area contributed by atoms with Crippen molar-refractivity contribution in [3.8, 4) is 0 Å². The Hall–Kier alpha value is -2.11. The molecule has 1 amide bonds. The number of amides is 1. The van der Waals surface area contributed by atoms with E-state index in [1.54, 1.807) is 6.07 Å². The lowest BCUT2D eigenvalue weighted by Crippen LogP contribution is -2.36. The lowest BCUT2D eigenvalue weighted by atomic mass is 9.78. The van der Waals surface area contributed by atoms with Crippen LogP contribution in [0.4, 0.5) is 13.2 Å². The summed E-state index contributed by atoms with van der Waals surface area (Å²) in [5.41, 5.74) is 0.661. The molecule has 1 aliphatic heterocycles. The van der Waals surface area contributed by atoms with Gasteiger partial charge in [0.1, 0.15) is 0 Å². The maximum absolute atomic E-state index is 12.9. The first kappa shape index (κ1) is 14.8. The number of carbonyl (C=O) groups excluding carboxylic acids is 2. The van der Waals surface area contributed by atoms with E-state index >= 15 is 0 Å². The van der Waals surface area contributed by atoms with Gasteiger partial charge in [-0.2, -0.15) is 13.2 Å². The van der Waals surface area contributed by atoms with Crippen molar-refractivity contribution in [2.24, 2.45) is 0 Å². The highest BCUT2D eigenvalue weighted by molar-refractivity contribution is 6.01. The Morgan fingerprint density at radius 1 is 1.14 bits per heavy atom. The van der Waals surface area contributed by atoms with E-state index in [-0.39, 0.29) is 18.1 Å². The molecule has 1 aromatic rings. The molecule has 0 saturated carbocycles. The Morgan fingerprint density at radius 3 is 2.64 bits per heavy atom. The van der Waals surface area contributed by atoms with Gasteiger partial charge in [-0.05, 0) is 24.5 Å². The van der Waals surface area contributed by atoms with Gasteiger partial charge in [0.2, 0.25) is 5.91 Å². The Morgan fingerprint density at radius 2 is 1.91 bits per heavy atom. The zero-order valence-corrected chi connectivity index (χ0v) is 11.7. The van der Waals surface area contributed by atoms with E-state index in [0.717, 1.165) is 12.1 Å². The number of halogens is 3. The molecule has 2 aliphatic rings. The molecule has 22 heavy (non-hydrogen) atoms. The zero-order chi connectivity index (χ0) is 15.9. The van der Waals surface area contributed by atoms with Gasteiger partial charge in [-0.25, -0.2) is 0 Å². The number of benzene rings is 1. The van der Waals surface area contributed by atoms with Crippen LogP contribution < -0.4 is 5.32 Å². The molecule has 1 heterocycles. The van der Waals surface area contributed by atoms with E-state index in [4.69, 9.17) is 0 Å². The van der Waals surface area contributed by atoms with Gasteiger partial charge < -0.3 is 5.32 Å². The van der Waals surface area contributed by atoms with Crippen molar-refractivity contribution >= 4 is 11.7 Å². The van der Waals surface area contributed by atoms with Crippen molar-refractivity contribution in [3.05, 3.63) is 46.7 Å². The highest BCUT2D eigenvalue weighted by atomic mass is 19.4. The number of allylic oxidation sites excluding steroid dienone is 2. The number of rotatable bonds is 1. The molecule has 3 nitrogen and oxygen atoms in total. The van der Waals surface area contributed by atoms with Gasteiger partial charge >= 0.3 is 6.18 Å². The van der Waals surface area contributed by atoms with E-state index in [0.29, 0.717) is 36.1 Å². The van der Waals surface area contributed by atoms with Crippen molar-refractivity contribution in [2.75, 3.05) is 0 Å². The lowest BCUT2D eigenvalue weighted by Gasteiger charge is -2.31. The first-order valence-corrected chi connectivity index (χ1v) is 7.09. The van der Waals surface area contributed by atoms with Crippen molar-refractivity contribution in [2.45, 2.75) is 37.8 Å². The molecular weight excluding hydrogens is 295 g/mol. The SMILES string of the molecule is O=C1CC(c2cccc(C(F)(F)F)c2)C2=C(CCCC2=O)N1. The van der Waals surface area contributed by atoms with E-state index < -0.39 is 17.7 Å². The molecule has 6 heteroatoms. The smallest absolute Gasteiger partial charge is 0.329 e. The van der Waals surface area contributed by atoms with Crippen LogP contribution in [0.25, 0.3) is 0 Å². The summed E-state index contributed by atoms with van der Waals surface area (Å²) in [7, 11) is 0. The second-order valence-corrected chi connectivity index (χ2v) is 5.60. The van der Waals surface area contributed by atoms with Crippen molar-refractivity contribution in [3.63, 3.8) is 0 Å². The summed E-state index contributed by atoms with van der Waals surface area (Å²) in [6.07, 6.45) is -2.81. The van der Waals surface area contributed by atoms with Crippen molar-refractivity contribution in [1.82, 2.24) is 5.32 Å². The standard InChI is InChI=1S/C16H14F3NO2/c17-16(18,19)10-4-1-3-9(7-10)11-8-14(22)20-12-5-2-6-13(21)15(11)12/h1,3-4,7,11H,2,5-6,8H2,(H,20,22). The molecule has 1 aromatic carbocycles. The van der Waals surface area contributed by atoms with Gasteiger partial charge in [-0.1, -0.05) is 18.2 Å². The summed E-state index contributed by atoms with van der Waals surface area (Å²) in [6, 6.07) is 4.89. The predicted octanol–water partition coefficient (Wildman–Crippen LogP) is 3.32. The molecule has 0 fully saturated rings. The van der Waals surface area contributed by atoms with Crippen LogP contribution in [-0.2, 0) is 15.8 Å². The predicted molar refractivity (Wildman–Crippen MR) is 72.8 cm³/mol. The third-order valence-corrected chi connectivity index (χ3v) is 4.10. The minimum atomic E-state index is -4.44. The van der Waals surface area contributed by atoms with Crippen LogP contribution in [0.3, 0.4) is 0 Å². The third kappa shape index (κ3) is 2.65. The van der Waals surface area contributed by atoms with E-state index in [1.807, 2.05) is 0 Å². The number of nitrogens with one attached hydrogen (secondary N) is 1.